The van der Waals surface area contributed by atoms with E-state index in [0.717, 1.165) is 0 Å². The average molecular weight is 513 g/mol. The van der Waals surface area contributed by atoms with Gasteiger partial charge in [0.1, 0.15) is 0 Å². The zero-order valence-electron chi connectivity index (χ0n) is 17.5. The first-order valence-corrected chi connectivity index (χ1v) is 10.6. The molecular formula is C18H22Cl2N10O4. The standard InChI is InChI=1S/C18H22Cl2N10O4/c19-13-25-15(21-5-11(33)7-31)29-17(27-13)23-9-2-1-3-10(4-9)24-18-28-14(20)26-16(30-18)22-6-12(34)8-32/h1-4,11-12,31-34H,5-8H2,(H2,21,23,25,27,29)(H2,22,24,26,28,30). The van der Waals surface area contributed by atoms with Gasteiger partial charge in [0.25, 0.3) is 0 Å². The predicted octanol–water partition coefficient (Wildman–Crippen LogP) is 0.381. The summed E-state index contributed by atoms with van der Waals surface area (Å²) in [5.41, 5.74) is 1.19. The number of benzene rings is 1. The Kier molecular flexibility index (Phi) is 9.26. The van der Waals surface area contributed by atoms with Crippen LogP contribution in [0.5, 0.6) is 0 Å². The molecule has 0 radical (unpaired) electrons. The van der Waals surface area contributed by atoms with Crippen LogP contribution in [0.3, 0.4) is 0 Å². The molecule has 0 fully saturated rings. The van der Waals surface area contributed by atoms with E-state index in [1.807, 2.05) is 0 Å². The summed E-state index contributed by atoms with van der Waals surface area (Å²) >= 11 is 11.9. The number of hydrogen-bond acceptors (Lipinski definition) is 14. The highest BCUT2D eigenvalue weighted by Crippen LogP contribution is 2.22. The van der Waals surface area contributed by atoms with Crippen LogP contribution in [0.15, 0.2) is 24.3 Å². The second-order valence-electron chi connectivity index (χ2n) is 6.77. The van der Waals surface area contributed by atoms with Crippen molar-refractivity contribution in [3.8, 4) is 0 Å². The van der Waals surface area contributed by atoms with Gasteiger partial charge in [-0.15, -0.1) is 0 Å². The smallest absolute Gasteiger partial charge is 0.233 e. The Morgan fingerprint density at radius 3 is 1.50 bits per heavy atom. The largest absolute Gasteiger partial charge is 0.394 e. The summed E-state index contributed by atoms with van der Waals surface area (Å²) < 4.78 is 0. The molecule has 8 N–H and O–H groups in total. The molecule has 2 heterocycles. The number of rotatable bonds is 12. The molecule has 0 saturated heterocycles. The third kappa shape index (κ3) is 8.02. The van der Waals surface area contributed by atoms with Crippen molar-refractivity contribution < 1.29 is 20.4 Å². The number of nitrogens with one attached hydrogen (secondary N) is 4. The van der Waals surface area contributed by atoms with Crippen molar-refractivity contribution in [2.45, 2.75) is 12.2 Å². The lowest BCUT2D eigenvalue weighted by atomic mass is 10.3. The minimum atomic E-state index is -0.978. The molecular weight excluding hydrogens is 491 g/mol. The summed E-state index contributed by atoms with van der Waals surface area (Å²) in [5.74, 6) is 0.538. The van der Waals surface area contributed by atoms with Gasteiger partial charge in [-0.2, -0.15) is 29.9 Å². The monoisotopic (exact) mass is 512 g/mol. The van der Waals surface area contributed by atoms with E-state index >= 15 is 0 Å². The maximum absolute atomic E-state index is 9.46. The molecule has 2 aromatic heterocycles. The number of aliphatic hydroxyl groups is 4. The van der Waals surface area contributed by atoms with Gasteiger partial charge in [0, 0.05) is 24.5 Å². The van der Waals surface area contributed by atoms with Crippen LogP contribution in [0.2, 0.25) is 10.6 Å². The zero-order valence-corrected chi connectivity index (χ0v) is 19.0. The van der Waals surface area contributed by atoms with Gasteiger partial charge in [-0.3, -0.25) is 0 Å². The van der Waals surface area contributed by atoms with E-state index < -0.39 is 25.4 Å². The van der Waals surface area contributed by atoms with Crippen LogP contribution in [0, 0.1) is 0 Å². The Labute approximate surface area is 203 Å². The van der Waals surface area contributed by atoms with Gasteiger partial charge in [-0.1, -0.05) is 6.07 Å². The number of halogens is 2. The van der Waals surface area contributed by atoms with E-state index in [4.69, 9.17) is 33.4 Å². The van der Waals surface area contributed by atoms with Crippen LogP contribution in [0.25, 0.3) is 0 Å². The number of anilines is 6. The number of aromatic nitrogens is 6. The molecule has 0 amide bonds. The van der Waals surface area contributed by atoms with E-state index in [0.29, 0.717) is 11.4 Å². The van der Waals surface area contributed by atoms with E-state index in [1.165, 1.54) is 0 Å². The van der Waals surface area contributed by atoms with E-state index in [2.05, 4.69) is 51.2 Å². The first-order valence-electron chi connectivity index (χ1n) is 9.87. The molecule has 16 heteroatoms. The predicted molar refractivity (Wildman–Crippen MR) is 126 cm³/mol. The molecule has 1 aromatic carbocycles. The van der Waals surface area contributed by atoms with E-state index in [-0.39, 0.29) is 47.5 Å². The van der Waals surface area contributed by atoms with Crippen molar-refractivity contribution >= 4 is 58.4 Å². The van der Waals surface area contributed by atoms with Crippen LogP contribution < -0.4 is 21.3 Å². The van der Waals surface area contributed by atoms with Crippen molar-refractivity contribution in [3.63, 3.8) is 0 Å². The fourth-order valence-corrected chi connectivity index (χ4v) is 2.77. The Balaban J connectivity index is 1.70. The zero-order chi connectivity index (χ0) is 24.5. The topological polar surface area (TPSA) is 206 Å². The molecule has 0 bridgehead atoms. The minimum Gasteiger partial charge on any atom is -0.394 e. The van der Waals surface area contributed by atoms with Crippen LogP contribution in [0.1, 0.15) is 0 Å². The second-order valence-corrected chi connectivity index (χ2v) is 7.44. The Morgan fingerprint density at radius 2 is 1.09 bits per heavy atom. The van der Waals surface area contributed by atoms with Gasteiger partial charge >= 0.3 is 0 Å². The Morgan fingerprint density at radius 1 is 0.676 bits per heavy atom. The van der Waals surface area contributed by atoms with Crippen molar-refractivity contribution in [1.29, 1.82) is 0 Å². The fraction of sp³-hybridized carbons (Fsp3) is 0.333. The fourth-order valence-electron chi connectivity index (χ4n) is 2.45. The third-order valence-electron chi connectivity index (χ3n) is 4.00. The molecule has 2 unspecified atom stereocenters. The van der Waals surface area contributed by atoms with Crippen LogP contribution in [0.4, 0.5) is 35.2 Å². The molecule has 0 saturated carbocycles. The van der Waals surface area contributed by atoms with Gasteiger partial charge in [-0.25, -0.2) is 0 Å². The third-order valence-corrected chi connectivity index (χ3v) is 4.34. The maximum atomic E-state index is 9.46. The number of aliphatic hydroxyl groups excluding tert-OH is 4. The van der Waals surface area contributed by atoms with Gasteiger partial charge < -0.3 is 41.7 Å². The maximum Gasteiger partial charge on any atom is 0.233 e. The lowest BCUT2D eigenvalue weighted by Crippen LogP contribution is -2.24. The van der Waals surface area contributed by atoms with Gasteiger partial charge in [0.15, 0.2) is 0 Å². The molecule has 182 valence electrons. The summed E-state index contributed by atoms with van der Waals surface area (Å²) in [6.07, 6.45) is -1.96. The molecule has 34 heavy (non-hydrogen) atoms. The van der Waals surface area contributed by atoms with Crippen molar-refractivity contribution in [3.05, 3.63) is 34.8 Å². The Bertz CT molecular complexity index is 1020. The first kappa shape index (κ1) is 25.5. The molecule has 0 spiro atoms. The second kappa shape index (κ2) is 12.4. The van der Waals surface area contributed by atoms with Crippen LogP contribution in [-0.4, -0.2) is 88.8 Å². The Hall–Kier alpha value is -3.14. The molecule has 0 aliphatic heterocycles. The number of hydrogen-bond donors (Lipinski definition) is 8. The molecule has 0 aliphatic rings. The molecule has 3 aromatic rings. The highest BCUT2D eigenvalue weighted by Gasteiger charge is 2.10. The summed E-state index contributed by atoms with van der Waals surface area (Å²) in [7, 11) is 0. The average Bonchev–Trinajstić information content (AvgIpc) is 2.80. The lowest BCUT2D eigenvalue weighted by Gasteiger charge is -2.12. The van der Waals surface area contributed by atoms with Gasteiger partial charge in [0.2, 0.25) is 34.4 Å². The van der Waals surface area contributed by atoms with Crippen molar-refractivity contribution in [2.75, 3.05) is 47.6 Å². The normalized spacial score (nSPS) is 12.6. The number of nitrogens with zero attached hydrogens (tertiary/aromatic N) is 6. The highest BCUT2D eigenvalue weighted by atomic mass is 35.5. The quantitative estimate of drug-likeness (QED) is 0.165. The summed E-state index contributed by atoms with van der Waals surface area (Å²) in [4.78, 5) is 24.2. The first-order chi connectivity index (χ1) is 16.3. The minimum absolute atomic E-state index is 0.0278. The lowest BCUT2D eigenvalue weighted by molar-refractivity contribution is 0.105. The van der Waals surface area contributed by atoms with Crippen LogP contribution in [-0.2, 0) is 0 Å². The molecule has 3 rings (SSSR count). The molecule has 14 nitrogen and oxygen atoms in total. The van der Waals surface area contributed by atoms with Gasteiger partial charge in [-0.05, 0) is 41.4 Å². The van der Waals surface area contributed by atoms with Crippen LogP contribution >= 0.6 is 23.2 Å². The van der Waals surface area contributed by atoms with Crippen molar-refractivity contribution in [2.24, 2.45) is 0 Å². The summed E-state index contributed by atoms with van der Waals surface area (Å²) in [6.45, 7) is -0.767. The summed E-state index contributed by atoms with van der Waals surface area (Å²) in [6, 6.07) is 6.99. The van der Waals surface area contributed by atoms with Gasteiger partial charge in [0.05, 0.1) is 25.4 Å². The highest BCUT2D eigenvalue weighted by molar-refractivity contribution is 6.28. The van der Waals surface area contributed by atoms with E-state index in [1.54, 1.807) is 24.3 Å². The van der Waals surface area contributed by atoms with E-state index in [9.17, 15) is 10.2 Å². The van der Waals surface area contributed by atoms with Crippen molar-refractivity contribution in [1.82, 2.24) is 29.9 Å². The molecule has 2 atom stereocenters. The molecule has 0 aliphatic carbocycles. The SMILES string of the molecule is OCC(O)CNc1nc(Cl)nc(Nc2cccc(Nc3nc(Cl)nc(NCC(O)CO)n3)c2)n1. The summed E-state index contributed by atoms with van der Waals surface area (Å²) in [5, 5.41) is 48.1.